The maximum atomic E-state index is 11.9. The summed E-state index contributed by atoms with van der Waals surface area (Å²) < 4.78 is 6.51. The van der Waals surface area contributed by atoms with E-state index < -0.39 is 5.97 Å². The minimum atomic E-state index is -0.475. The largest absolute Gasteiger partial charge is 0.408 e. The quantitative estimate of drug-likeness (QED) is 0.803. The fraction of sp³-hybridized carbons (Fsp3) is 0.267. The molecular formula is C15H15ClN2O3S. The highest BCUT2D eigenvalue weighted by atomic mass is 35.5. The minimum absolute atomic E-state index is 0.244. The molecule has 1 heterocycles. The van der Waals surface area contributed by atoms with Crippen LogP contribution in [0.2, 0.25) is 5.02 Å². The van der Waals surface area contributed by atoms with Crippen LogP contribution in [0.1, 0.15) is 30.4 Å². The van der Waals surface area contributed by atoms with E-state index in [-0.39, 0.29) is 11.8 Å². The number of rotatable bonds is 3. The van der Waals surface area contributed by atoms with E-state index in [4.69, 9.17) is 16.3 Å². The first-order valence-electron chi connectivity index (χ1n) is 6.66. The standard InChI is InChI=1S/C15H15ClN2O3S/c1-4-13-14(21-10(3)20)18(9(2)19)15(22-13)17-12-7-5-6-11(16)8-12/h5-8H,4H2,1-3H3. The number of nitrogens with zero attached hydrogens (tertiary/aromatic N) is 2. The number of aromatic nitrogens is 1. The van der Waals surface area contributed by atoms with E-state index in [0.717, 1.165) is 4.88 Å². The van der Waals surface area contributed by atoms with Crippen molar-refractivity contribution < 1.29 is 14.3 Å². The molecule has 0 saturated carbocycles. The predicted molar refractivity (Wildman–Crippen MR) is 86.0 cm³/mol. The third-order valence-corrected chi connectivity index (χ3v) is 4.16. The maximum absolute atomic E-state index is 11.9. The number of halogens is 1. The van der Waals surface area contributed by atoms with E-state index >= 15 is 0 Å². The monoisotopic (exact) mass is 338 g/mol. The summed E-state index contributed by atoms with van der Waals surface area (Å²) in [6, 6.07) is 7.01. The third kappa shape index (κ3) is 3.64. The van der Waals surface area contributed by atoms with Crippen molar-refractivity contribution in [3.8, 4) is 5.88 Å². The topological polar surface area (TPSA) is 60.7 Å². The Morgan fingerprint density at radius 1 is 1.36 bits per heavy atom. The van der Waals surface area contributed by atoms with Crippen molar-refractivity contribution in [2.75, 3.05) is 0 Å². The lowest BCUT2D eigenvalue weighted by atomic mass is 10.3. The summed E-state index contributed by atoms with van der Waals surface area (Å²) in [5, 5.41) is 0.558. The zero-order valence-corrected chi connectivity index (χ0v) is 14.0. The first kappa shape index (κ1) is 16.5. The van der Waals surface area contributed by atoms with Crippen LogP contribution in [0.4, 0.5) is 5.69 Å². The number of esters is 1. The van der Waals surface area contributed by atoms with Gasteiger partial charge in [-0.2, -0.15) is 0 Å². The normalized spacial score (nSPS) is 11.5. The van der Waals surface area contributed by atoms with Gasteiger partial charge in [0.25, 0.3) is 0 Å². The van der Waals surface area contributed by atoms with E-state index in [1.807, 2.05) is 6.92 Å². The Kier molecular flexibility index (Phi) is 5.15. The molecule has 116 valence electrons. The average molecular weight is 339 g/mol. The highest BCUT2D eigenvalue weighted by Crippen LogP contribution is 2.24. The lowest BCUT2D eigenvalue weighted by molar-refractivity contribution is -0.132. The third-order valence-electron chi connectivity index (χ3n) is 2.76. The van der Waals surface area contributed by atoms with Gasteiger partial charge in [0.1, 0.15) is 0 Å². The summed E-state index contributed by atoms with van der Waals surface area (Å²) in [7, 11) is 0. The molecule has 0 fully saturated rings. The summed E-state index contributed by atoms with van der Waals surface area (Å²) in [5.41, 5.74) is 0.626. The Balaban J connectivity index is 2.67. The Bertz CT molecular complexity index is 792. The van der Waals surface area contributed by atoms with E-state index in [9.17, 15) is 9.59 Å². The molecule has 0 radical (unpaired) electrons. The molecule has 0 aliphatic rings. The van der Waals surface area contributed by atoms with Crippen LogP contribution < -0.4 is 9.54 Å². The highest BCUT2D eigenvalue weighted by Gasteiger charge is 2.18. The number of hydrogen-bond donors (Lipinski definition) is 0. The molecular weight excluding hydrogens is 324 g/mol. The SMILES string of the molecule is CCc1sc(=Nc2cccc(Cl)c2)n(C(C)=O)c1OC(C)=O. The van der Waals surface area contributed by atoms with Gasteiger partial charge in [-0.15, -0.1) is 0 Å². The van der Waals surface area contributed by atoms with Gasteiger partial charge in [-0.3, -0.25) is 9.59 Å². The summed E-state index contributed by atoms with van der Waals surface area (Å²) in [6.45, 7) is 4.62. The van der Waals surface area contributed by atoms with Crippen LogP contribution in [0, 0.1) is 0 Å². The molecule has 1 aromatic heterocycles. The highest BCUT2D eigenvalue weighted by molar-refractivity contribution is 7.09. The van der Waals surface area contributed by atoms with Crippen molar-refractivity contribution >= 4 is 40.5 Å². The Hall–Kier alpha value is -1.92. The summed E-state index contributed by atoms with van der Waals surface area (Å²) in [5.74, 6) is -0.502. The predicted octanol–water partition coefficient (Wildman–Crippen LogP) is 3.58. The molecule has 7 heteroatoms. The van der Waals surface area contributed by atoms with Gasteiger partial charge < -0.3 is 4.74 Å². The van der Waals surface area contributed by atoms with E-state index in [2.05, 4.69) is 4.99 Å². The van der Waals surface area contributed by atoms with Gasteiger partial charge in [0.05, 0.1) is 10.6 Å². The number of benzene rings is 1. The molecule has 0 aliphatic carbocycles. The van der Waals surface area contributed by atoms with Gasteiger partial charge in [-0.1, -0.05) is 35.9 Å². The Morgan fingerprint density at radius 2 is 2.09 bits per heavy atom. The van der Waals surface area contributed by atoms with Gasteiger partial charge in [-0.05, 0) is 24.6 Å². The van der Waals surface area contributed by atoms with Crippen LogP contribution in [0.3, 0.4) is 0 Å². The van der Waals surface area contributed by atoms with Crippen LogP contribution in [0.25, 0.3) is 0 Å². The van der Waals surface area contributed by atoms with Gasteiger partial charge in [-0.25, -0.2) is 9.56 Å². The molecule has 0 spiro atoms. The van der Waals surface area contributed by atoms with Crippen LogP contribution in [0.15, 0.2) is 29.3 Å². The molecule has 2 rings (SSSR count). The summed E-state index contributed by atoms with van der Waals surface area (Å²) in [6.07, 6.45) is 0.631. The van der Waals surface area contributed by atoms with Crippen LogP contribution >= 0.6 is 22.9 Å². The van der Waals surface area contributed by atoms with Crippen molar-refractivity contribution in [1.82, 2.24) is 4.57 Å². The van der Waals surface area contributed by atoms with E-state index in [1.54, 1.807) is 24.3 Å². The Labute approximate surface area is 136 Å². The fourth-order valence-electron chi connectivity index (χ4n) is 1.88. The molecule has 0 atom stereocenters. The fourth-order valence-corrected chi connectivity index (χ4v) is 3.10. The van der Waals surface area contributed by atoms with Crippen LogP contribution in [0.5, 0.6) is 5.88 Å². The van der Waals surface area contributed by atoms with Crippen molar-refractivity contribution in [2.45, 2.75) is 27.2 Å². The van der Waals surface area contributed by atoms with Crippen molar-refractivity contribution in [2.24, 2.45) is 4.99 Å². The number of aryl methyl sites for hydroxylation is 1. The Morgan fingerprint density at radius 3 is 2.64 bits per heavy atom. The van der Waals surface area contributed by atoms with E-state index in [1.165, 1.54) is 29.8 Å². The first-order valence-corrected chi connectivity index (χ1v) is 7.86. The zero-order chi connectivity index (χ0) is 16.3. The molecule has 22 heavy (non-hydrogen) atoms. The second kappa shape index (κ2) is 6.89. The second-order valence-corrected chi connectivity index (χ2v) is 6.00. The lowest BCUT2D eigenvalue weighted by Gasteiger charge is -2.05. The molecule has 0 saturated heterocycles. The molecule has 0 aliphatic heterocycles. The number of carbonyl (C=O) groups is 2. The van der Waals surface area contributed by atoms with E-state index in [0.29, 0.717) is 21.9 Å². The van der Waals surface area contributed by atoms with Crippen LogP contribution in [-0.2, 0) is 11.2 Å². The lowest BCUT2D eigenvalue weighted by Crippen LogP contribution is -2.22. The minimum Gasteiger partial charge on any atom is -0.408 e. The van der Waals surface area contributed by atoms with Crippen molar-refractivity contribution in [1.29, 1.82) is 0 Å². The molecule has 0 amide bonds. The molecule has 1 aromatic carbocycles. The van der Waals surface area contributed by atoms with Crippen molar-refractivity contribution in [3.05, 3.63) is 39.0 Å². The van der Waals surface area contributed by atoms with Gasteiger partial charge in [0.2, 0.25) is 11.8 Å². The van der Waals surface area contributed by atoms with Crippen LogP contribution in [-0.4, -0.2) is 16.4 Å². The number of ether oxygens (including phenoxy) is 1. The molecule has 0 N–H and O–H groups in total. The smallest absolute Gasteiger partial charge is 0.309 e. The zero-order valence-electron chi connectivity index (χ0n) is 12.4. The molecule has 5 nitrogen and oxygen atoms in total. The van der Waals surface area contributed by atoms with Gasteiger partial charge in [0, 0.05) is 18.9 Å². The van der Waals surface area contributed by atoms with Gasteiger partial charge >= 0.3 is 5.97 Å². The molecule has 2 aromatic rings. The molecule has 0 bridgehead atoms. The molecule has 0 unspecified atom stereocenters. The first-order chi connectivity index (χ1) is 10.4. The number of thiazole rings is 1. The van der Waals surface area contributed by atoms with Crippen molar-refractivity contribution in [3.63, 3.8) is 0 Å². The maximum Gasteiger partial charge on any atom is 0.309 e. The van der Waals surface area contributed by atoms with Gasteiger partial charge in [0.15, 0.2) is 4.80 Å². The number of carbonyl (C=O) groups excluding carboxylic acids is 2. The average Bonchev–Trinajstić information content (AvgIpc) is 2.75. The second-order valence-electron chi connectivity index (χ2n) is 4.51. The summed E-state index contributed by atoms with van der Waals surface area (Å²) in [4.78, 5) is 28.9. The number of hydrogen-bond acceptors (Lipinski definition) is 5. The summed E-state index contributed by atoms with van der Waals surface area (Å²) >= 11 is 7.26.